The molecular formula is C13H13BrFNO. The summed E-state index contributed by atoms with van der Waals surface area (Å²) in [5, 5.41) is 19.6. The lowest BCUT2D eigenvalue weighted by Gasteiger charge is -2.27. The molecule has 1 saturated carbocycles. The minimum Gasteiger partial charge on any atom is -0.387 e. The van der Waals surface area contributed by atoms with Crippen molar-refractivity contribution in [3.8, 4) is 6.07 Å². The Morgan fingerprint density at radius 1 is 1.41 bits per heavy atom. The predicted molar refractivity (Wildman–Crippen MR) is 65.6 cm³/mol. The van der Waals surface area contributed by atoms with Crippen molar-refractivity contribution in [3.05, 3.63) is 34.1 Å². The third kappa shape index (κ3) is 2.22. The first-order valence-electron chi connectivity index (χ1n) is 5.63. The molecule has 0 amide bonds. The molecule has 0 bridgehead atoms. The second kappa shape index (κ2) is 4.75. The molecule has 0 spiro atoms. The molecule has 1 fully saturated rings. The lowest BCUT2D eigenvalue weighted by atomic mass is 9.79. The molecule has 90 valence electrons. The molecule has 1 aliphatic carbocycles. The van der Waals surface area contributed by atoms with Crippen molar-refractivity contribution in [1.82, 2.24) is 0 Å². The Hall–Kier alpha value is -0.920. The fourth-order valence-electron chi connectivity index (χ4n) is 2.45. The highest BCUT2D eigenvalue weighted by Gasteiger charge is 2.41. The third-order valence-corrected chi connectivity index (χ3v) is 4.11. The molecule has 1 aromatic rings. The van der Waals surface area contributed by atoms with E-state index < -0.39 is 11.5 Å². The van der Waals surface area contributed by atoms with Gasteiger partial charge in [0.15, 0.2) is 0 Å². The molecule has 1 atom stereocenters. The Balaban J connectivity index is 2.33. The molecule has 1 aliphatic rings. The van der Waals surface area contributed by atoms with Gasteiger partial charge >= 0.3 is 0 Å². The number of hydrogen-bond donors (Lipinski definition) is 1. The normalized spacial score (nSPS) is 19.9. The van der Waals surface area contributed by atoms with Gasteiger partial charge in [-0.25, -0.2) is 4.39 Å². The smallest absolute Gasteiger partial charge is 0.137 e. The van der Waals surface area contributed by atoms with Crippen molar-refractivity contribution in [2.45, 2.75) is 31.8 Å². The van der Waals surface area contributed by atoms with E-state index in [2.05, 4.69) is 22.0 Å². The highest BCUT2D eigenvalue weighted by atomic mass is 79.9. The van der Waals surface area contributed by atoms with E-state index in [1.54, 1.807) is 12.1 Å². The second-order valence-corrected chi connectivity index (χ2v) is 5.41. The summed E-state index contributed by atoms with van der Waals surface area (Å²) in [6.07, 6.45) is 2.51. The Bertz CT molecular complexity index is 463. The molecule has 1 N–H and O–H groups in total. The summed E-state index contributed by atoms with van der Waals surface area (Å²) in [6, 6.07) is 6.66. The van der Waals surface area contributed by atoms with Gasteiger partial charge in [0, 0.05) is 0 Å². The number of nitrogens with zero attached hydrogens (tertiary/aromatic N) is 1. The van der Waals surface area contributed by atoms with Crippen molar-refractivity contribution in [1.29, 1.82) is 5.26 Å². The van der Waals surface area contributed by atoms with Crippen molar-refractivity contribution in [2.24, 2.45) is 5.41 Å². The highest BCUT2D eigenvalue weighted by molar-refractivity contribution is 9.10. The first kappa shape index (κ1) is 12.5. The van der Waals surface area contributed by atoms with E-state index in [9.17, 15) is 14.8 Å². The minimum atomic E-state index is -0.841. The van der Waals surface area contributed by atoms with Gasteiger partial charge in [0.25, 0.3) is 0 Å². The number of rotatable bonds is 2. The lowest BCUT2D eigenvalue weighted by Crippen LogP contribution is -2.24. The molecule has 0 aliphatic heterocycles. The molecule has 2 nitrogen and oxygen atoms in total. The Morgan fingerprint density at radius 3 is 2.59 bits per heavy atom. The van der Waals surface area contributed by atoms with E-state index in [-0.39, 0.29) is 5.82 Å². The van der Waals surface area contributed by atoms with Gasteiger partial charge in [0.1, 0.15) is 5.82 Å². The average molecular weight is 298 g/mol. The van der Waals surface area contributed by atoms with Crippen LogP contribution in [0.25, 0.3) is 0 Å². The maximum atomic E-state index is 13.1. The topological polar surface area (TPSA) is 44.0 Å². The van der Waals surface area contributed by atoms with E-state index in [0.29, 0.717) is 22.9 Å². The van der Waals surface area contributed by atoms with Crippen LogP contribution in [0, 0.1) is 22.6 Å². The van der Waals surface area contributed by atoms with Crippen LogP contribution in [0.3, 0.4) is 0 Å². The fourth-order valence-corrected chi connectivity index (χ4v) is 2.85. The van der Waals surface area contributed by atoms with Crippen LogP contribution in [0.2, 0.25) is 0 Å². The molecule has 2 rings (SSSR count). The first-order chi connectivity index (χ1) is 8.09. The Labute approximate surface area is 108 Å². The van der Waals surface area contributed by atoms with Crippen LogP contribution in [0.1, 0.15) is 37.4 Å². The fraction of sp³-hybridized carbons (Fsp3) is 0.462. The van der Waals surface area contributed by atoms with Crippen LogP contribution in [0.5, 0.6) is 0 Å². The average Bonchev–Trinajstić information content (AvgIpc) is 2.81. The molecule has 0 aromatic heterocycles. The van der Waals surface area contributed by atoms with E-state index in [1.165, 1.54) is 6.07 Å². The highest BCUT2D eigenvalue weighted by Crippen LogP contribution is 2.47. The zero-order chi connectivity index (χ0) is 12.5. The van der Waals surface area contributed by atoms with Gasteiger partial charge in [0.2, 0.25) is 0 Å². The number of hydrogen-bond acceptors (Lipinski definition) is 2. The van der Waals surface area contributed by atoms with Gasteiger partial charge in [0.05, 0.1) is 22.1 Å². The van der Waals surface area contributed by atoms with Gasteiger partial charge in [-0.2, -0.15) is 5.26 Å². The van der Waals surface area contributed by atoms with Crippen LogP contribution in [0.4, 0.5) is 4.39 Å². The summed E-state index contributed by atoms with van der Waals surface area (Å²) < 4.78 is 13.4. The van der Waals surface area contributed by atoms with Crippen LogP contribution >= 0.6 is 15.9 Å². The van der Waals surface area contributed by atoms with Gasteiger partial charge in [-0.1, -0.05) is 18.9 Å². The van der Waals surface area contributed by atoms with Gasteiger partial charge < -0.3 is 5.11 Å². The van der Waals surface area contributed by atoms with Gasteiger partial charge in [-0.15, -0.1) is 0 Å². The molecule has 0 heterocycles. The monoisotopic (exact) mass is 297 g/mol. The molecule has 0 saturated heterocycles. The van der Waals surface area contributed by atoms with Crippen molar-refractivity contribution >= 4 is 15.9 Å². The zero-order valence-corrected chi connectivity index (χ0v) is 10.9. The van der Waals surface area contributed by atoms with Crippen molar-refractivity contribution in [2.75, 3.05) is 0 Å². The zero-order valence-electron chi connectivity index (χ0n) is 9.29. The quantitative estimate of drug-likeness (QED) is 0.904. The molecule has 17 heavy (non-hydrogen) atoms. The van der Waals surface area contributed by atoms with Crippen LogP contribution in [-0.2, 0) is 0 Å². The number of aliphatic hydroxyl groups excluding tert-OH is 1. The molecular weight excluding hydrogens is 285 g/mol. The van der Waals surface area contributed by atoms with Crippen molar-refractivity contribution in [3.63, 3.8) is 0 Å². The number of halogens is 2. The Kier molecular flexibility index (Phi) is 3.50. The largest absolute Gasteiger partial charge is 0.387 e. The minimum absolute atomic E-state index is 0.320. The van der Waals surface area contributed by atoms with Crippen LogP contribution < -0.4 is 0 Å². The predicted octanol–water partition coefficient (Wildman–Crippen LogP) is 3.71. The summed E-state index contributed by atoms with van der Waals surface area (Å²) in [5.74, 6) is -0.363. The first-order valence-corrected chi connectivity index (χ1v) is 6.43. The number of aliphatic hydroxyl groups is 1. The van der Waals surface area contributed by atoms with Gasteiger partial charge in [-0.05, 0) is 46.5 Å². The van der Waals surface area contributed by atoms with E-state index >= 15 is 0 Å². The van der Waals surface area contributed by atoms with Crippen LogP contribution in [-0.4, -0.2) is 5.11 Å². The van der Waals surface area contributed by atoms with Crippen LogP contribution in [0.15, 0.2) is 22.7 Å². The number of nitriles is 1. The number of benzene rings is 1. The van der Waals surface area contributed by atoms with Gasteiger partial charge in [-0.3, -0.25) is 0 Å². The molecule has 4 heteroatoms. The summed E-state index contributed by atoms with van der Waals surface area (Å²) in [7, 11) is 0. The lowest BCUT2D eigenvalue weighted by molar-refractivity contribution is 0.0670. The second-order valence-electron chi connectivity index (χ2n) is 4.55. The summed E-state index contributed by atoms with van der Waals surface area (Å²) in [4.78, 5) is 0. The maximum Gasteiger partial charge on any atom is 0.137 e. The summed E-state index contributed by atoms with van der Waals surface area (Å²) in [5.41, 5.74) is -0.0983. The summed E-state index contributed by atoms with van der Waals surface area (Å²) >= 11 is 3.09. The van der Waals surface area contributed by atoms with E-state index in [4.69, 9.17) is 0 Å². The standard InChI is InChI=1S/C13H13BrFNO/c14-10-7-9(3-4-11(10)15)12(17)13(8-16)5-1-2-6-13/h3-4,7,12,17H,1-2,5-6H2. The Morgan fingerprint density at radius 2 is 2.06 bits per heavy atom. The van der Waals surface area contributed by atoms with E-state index in [1.807, 2.05) is 0 Å². The third-order valence-electron chi connectivity index (χ3n) is 3.50. The molecule has 1 unspecified atom stereocenters. The summed E-state index contributed by atoms with van der Waals surface area (Å²) in [6.45, 7) is 0. The SMILES string of the molecule is N#CC1(C(O)c2ccc(F)c(Br)c2)CCCC1. The molecule has 1 aromatic carbocycles. The van der Waals surface area contributed by atoms with E-state index in [0.717, 1.165) is 12.8 Å². The maximum absolute atomic E-state index is 13.1. The molecule has 0 radical (unpaired) electrons. The van der Waals surface area contributed by atoms with Crippen molar-refractivity contribution < 1.29 is 9.50 Å².